The van der Waals surface area contributed by atoms with Gasteiger partial charge in [-0.15, -0.1) is 0 Å². The first-order valence-electron chi connectivity index (χ1n) is 6.12. The first-order valence-corrected chi connectivity index (χ1v) is 6.91. The van der Waals surface area contributed by atoms with Crippen molar-refractivity contribution in [3.8, 4) is 11.3 Å². The van der Waals surface area contributed by atoms with Gasteiger partial charge < -0.3 is 9.67 Å². The van der Waals surface area contributed by atoms with Gasteiger partial charge in [0.2, 0.25) is 0 Å². The Bertz CT molecular complexity index is 609. The number of benzene rings is 1. The topological polar surface area (TPSA) is 42.2 Å². The fourth-order valence-electron chi connectivity index (χ4n) is 2.30. The van der Waals surface area contributed by atoms with Crippen LogP contribution in [0.1, 0.15) is 35.9 Å². The lowest BCUT2D eigenvalue weighted by Gasteiger charge is -2.16. The maximum absolute atomic E-state index is 11.3. The minimum Gasteiger partial charge on any atom is -0.477 e. The van der Waals surface area contributed by atoms with E-state index in [1.54, 1.807) is 6.07 Å². The highest BCUT2D eigenvalue weighted by Crippen LogP contribution is 2.29. The third kappa shape index (κ3) is 2.73. The third-order valence-electron chi connectivity index (χ3n) is 2.99. The van der Waals surface area contributed by atoms with Crippen LogP contribution in [0.5, 0.6) is 0 Å². The minimum atomic E-state index is -0.897. The molecule has 2 rings (SSSR count). The summed E-state index contributed by atoms with van der Waals surface area (Å²) >= 11 is 3.48. The van der Waals surface area contributed by atoms with Crippen LogP contribution >= 0.6 is 15.9 Å². The summed E-state index contributed by atoms with van der Waals surface area (Å²) in [4.78, 5) is 11.3. The van der Waals surface area contributed by atoms with E-state index < -0.39 is 5.97 Å². The predicted molar refractivity (Wildman–Crippen MR) is 79.6 cm³/mol. The molecule has 4 heteroatoms. The van der Waals surface area contributed by atoms with Crippen LogP contribution < -0.4 is 0 Å². The summed E-state index contributed by atoms with van der Waals surface area (Å²) in [6.07, 6.45) is 0. The van der Waals surface area contributed by atoms with Crippen molar-refractivity contribution >= 4 is 21.9 Å². The number of aryl methyl sites for hydroxylation is 1. The number of rotatable bonds is 3. The smallest absolute Gasteiger partial charge is 0.352 e. The molecule has 1 aromatic heterocycles. The maximum Gasteiger partial charge on any atom is 0.352 e. The molecule has 100 valence electrons. The van der Waals surface area contributed by atoms with Crippen LogP contribution in [0.25, 0.3) is 11.3 Å². The zero-order valence-electron chi connectivity index (χ0n) is 11.1. The molecule has 0 saturated heterocycles. The lowest BCUT2D eigenvalue weighted by molar-refractivity contribution is 0.0683. The molecule has 19 heavy (non-hydrogen) atoms. The fourth-order valence-corrected chi connectivity index (χ4v) is 2.91. The van der Waals surface area contributed by atoms with Gasteiger partial charge in [0.15, 0.2) is 0 Å². The lowest BCUT2D eigenvalue weighted by atomic mass is 10.1. The summed E-state index contributed by atoms with van der Waals surface area (Å²) < 4.78 is 2.85. The normalized spacial score (nSPS) is 11.0. The molecule has 0 aliphatic carbocycles. The Balaban J connectivity index is 2.65. The average molecular weight is 322 g/mol. The van der Waals surface area contributed by atoms with Gasteiger partial charge in [-0.1, -0.05) is 15.9 Å². The van der Waals surface area contributed by atoms with E-state index in [1.807, 2.05) is 43.5 Å². The van der Waals surface area contributed by atoms with Crippen LogP contribution in [0.15, 0.2) is 34.8 Å². The van der Waals surface area contributed by atoms with Crippen LogP contribution in [-0.4, -0.2) is 15.6 Å². The van der Waals surface area contributed by atoms with Crippen LogP contribution in [-0.2, 0) is 0 Å². The number of halogens is 1. The second kappa shape index (κ2) is 5.21. The highest BCUT2D eigenvalue weighted by Gasteiger charge is 2.17. The van der Waals surface area contributed by atoms with E-state index in [-0.39, 0.29) is 6.04 Å². The van der Waals surface area contributed by atoms with Gasteiger partial charge in [-0.2, -0.15) is 0 Å². The number of carboxylic acid groups (broad SMARTS) is 1. The SMILES string of the molecule is Cc1cc(Br)cc(-c2ccc(C(=O)O)n2C(C)C)c1. The van der Waals surface area contributed by atoms with E-state index in [4.69, 9.17) is 0 Å². The van der Waals surface area contributed by atoms with Gasteiger partial charge in [-0.25, -0.2) is 4.79 Å². The van der Waals surface area contributed by atoms with E-state index >= 15 is 0 Å². The molecule has 2 aromatic rings. The van der Waals surface area contributed by atoms with Crippen molar-refractivity contribution in [1.82, 2.24) is 4.57 Å². The van der Waals surface area contributed by atoms with E-state index in [2.05, 4.69) is 22.0 Å². The maximum atomic E-state index is 11.3. The van der Waals surface area contributed by atoms with Crippen LogP contribution in [0.2, 0.25) is 0 Å². The van der Waals surface area contributed by atoms with Crippen molar-refractivity contribution in [3.05, 3.63) is 46.1 Å². The number of aromatic nitrogens is 1. The van der Waals surface area contributed by atoms with Crippen LogP contribution in [0, 0.1) is 6.92 Å². The number of carboxylic acids is 1. The third-order valence-corrected chi connectivity index (χ3v) is 3.45. The monoisotopic (exact) mass is 321 g/mol. The van der Waals surface area contributed by atoms with E-state index in [9.17, 15) is 9.90 Å². The predicted octanol–water partition coefficient (Wildman–Crippen LogP) is 4.51. The lowest BCUT2D eigenvalue weighted by Crippen LogP contribution is -2.11. The zero-order valence-corrected chi connectivity index (χ0v) is 12.7. The summed E-state index contributed by atoms with van der Waals surface area (Å²) in [7, 11) is 0. The van der Waals surface area contributed by atoms with Crippen LogP contribution in [0.3, 0.4) is 0 Å². The molecule has 0 spiro atoms. The van der Waals surface area contributed by atoms with Crippen molar-refractivity contribution in [3.63, 3.8) is 0 Å². The van der Waals surface area contributed by atoms with Crippen molar-refractivity contribution < 1.29 is 9.90 Å². The number of nitrogens with zero attached hydrogens (tertiary/aromatic N) is 1. The van der Waals surface area contributed by atoms with Crippen LogP contribution in [0.4, 0.5) is 0 Å². The fraction of sp³-hybridized carbons (Fsp3) is 0.267. The molecule has 1 N–H and O–H groups in total. The number of hydrogen-bond donors (Lipinski definition) is 1. The molecule has 0 fully saturated rings. The molecule has 1 aromatic carbocycles. The van der Waals surface area contributed by atoms with Gasteiger partial charge in [0.25, 0.3) is 0 Å². The van der Waals surface area contributed by atoms with Crippen molar-refractivity contribution in [2.75, 3.05) is 0 Å². The molecule has 1 heterocycles. The Morgan fingerprint density at radius 1 is 1.26 bits per heavy atom. The molecule has 0 aliphatic rings. The van der Waals surface area contributed by atoms with Gasteiger partial charge in [0.1, 0.15) is 5.69 Å². The van der Waals surface area contributed by atoms with Gasteiger partial charge >= 0.3 is 5.97 Å². The summed E-state index contributed by atoms with van der Waals surface area (Å²) in [5, 5.41) is 9.25. The molecule has 0 amide bonds. The summed E-state index contributed by atoms with van der Waals surface area (Å²) in [5.41, 5.74) is 3.41. The summed E-state index contributed by atoms with van der Waals surface area (Å²) in [6, 6.07) is 9.72. The molecule has 0 bridgehead atoms. The van der Waals surface area contributed by atoms with Crippen molar-refractivity contribution in [1.29, 1.82) is 0 Å². The summed E-state index contributed by atoms with van der Waals surface area (Å²) in [6.45, 7) is 6.00. The molecular formula is C15H16BrNO2. The standard InChI is InChI=1S/C15H16BrNO2/c1-9(2)17-13(4-5-14(17)15(18)19)11-6-10(3)7-12(16)8-11/h4-9H,1-3H3,(H,18,19). The Morgan fingerprint density at radius 3 is 2.47 bits per heavy atom. The second-order valence-electron chi connectivity index (χ2n) is 4.89. The largest absolute Gasteiger partial charge is 0.477 e. The highest BCUT2D eigenvalue weighted by molar-refractivity contribution is 9.10. The molecule has 0 saturated carbocycles. The molecule has 0 atom stereocenters. The quantitative estimate of drug-likeness (QED) is 0.904. The van der Waals surface area contributed by atoms with Crippen molar-refractivity contribution in [2.24, 2.45) is 0 Å². The molecule has 0 unspecified atom stereocenters. The van der Waals surface area contributed by atoms with Crippen molar-refractivity contribution in [2.45, 2.75) is 26.8 Å². The number of aromatic carboxylic acids is 1. The Morgan fingerprint density at radius 2 is 1.95 bits per heavy atom. The highest BCUT2D eigenvalue weighted by atomic mass is 79.9. The van der Waals surface area contributed by atoms with Gasteiger partial charge in [0.05, 0.1) is 0 Å². The van der Waals surface area contributed by atoms with Gasteiger partial charge in [-0.05, 0) is 62.2 Å². The second-order valence-corrected chi connectivity index (χ2v) is 5.81. The molecule has 0 radical (unpaired) electrons. The average Bonchev–Trinajstić information content (AvgIpc) is 2.71. The minimum absolute atomic E-state index is 0.0930. The number of carbonyl (C=O) groups is 1. The molecule has 3 nitrogen and oxygen atoms in total. The number of hydrogen-bond acceptors (Lipinski definition) is 1. The summed E-state index contributed by atoms with van der Waals surface area (Å²) in [5.74, 6) is -0.897. The van der Waals surface area contributed by atoms with Gasteiger partial charge in [0, 0.05) is 16.2 Å². The van der Waals surface area contributed by atoms with E-state index in [0.29, 0.717) is 5.69 Å². The first kappa shape index (κ1) is 13.9. The Hall–Kier alpha value is -1.55. The van der Waals surface area contributed by atoms with E-state index in [0.717, 1.165) is 21.3 Å². The van der Waals surface area contributed by atoms with E-state index in [1.165, 1.54) is 0 Å². The molecule has 0 aliphatic heterocycles. The Labute approximate surface area is 121 Å². The zero-order chi connectivity index (χ0) is 14.2. The Kier molecular flexibility index (Phi) is 3.80. The molecular weight excluding hydrogens is 306 g/mol. The van der Waals surface area contributed by atoms with Gasteiger partial charge in [-0.3, -0.25) is 0 Å². The first-order chi connectivity index (χ1) is 8.90.